The zero-order valence-corrected chi connectivity index (χ0v) is 8.57. The molecule has 1 heterocycles. The number of benzene rings is 1. The molecule has 0 spiro atoms. The molecule has 2 nitrogen and oxygen atoms in total. The highest BCUT2D eigenvalue weighted by atomic mass is 15.0. The fourth-order valence-corrected chi connectivity index (χ4v) is 1.49. The van der Waals surface area contributed by atoms with E-state index in [1.54, 1.807) is 0 Å². The average Bonchev–Trinajstić information content (AvgIpc) is 2.52. The van der Waals surface area contributed by atoms with E-state index >= 15 is 0 Å². The van der Waals surface area contributed by atoms with Gasteiger partial charge < -0.3 is 4.57 Å². The Balaban J connectivity index is 2.23. The lowest BCUT2D eigenvalue weighted by Gasteiger charge is -2.02. The monoisotopic (exact) mass is 186 g/mol. The number of aromatic nitrogens is 2. The molecule has 0 aliphatic heterocycles. The van der Waals surface area contributed by atoms with Gasteiger partial charge in [0.2, 0.25) is 0 Å². The topological polar surface area (TPSA) is 17.8 Å². The highest BCUT2D eigenvalue weighted by Gasteiger charge is 2.02. The Hall–Kier alpha value is -1.57. The molecule has 1 aromatic heterocycles. The van der Waals surface area contributed by atoms with Crippen molar-refractivity contribution in [1.29, 1.82) is 0 Å². The second-order valence-electron chi connectivity index (χ2n) is 3.54. The molecular weight excluding hydrogens is 172 g/mol. The quantitative estimate of drug-likeness (QED) is 0.703. The summed E-state index contributed by atoms with van der Waals surface area (Å²) in [5.41, 5.74) is 2.51. The maximum Gasteiger partial charge on any atom is 0.113 e. The van der Waals surface area contributed by atoms with Crippen molar-refractivity contribution in [2.45, 2.75) is 13.3 Å². The summed E-state index contributed by atoms with van der Waals surface area (Å²) in [4.78, 5) is 4.37. The standard InChI is InChI=1S/C12H14N2/c1-10-9-13-12(14(10)2)8-11-6-4-3-5-7-11/h3-7,9H,8H2,1-2H3. The average molecular weight is 186 g/mol. The van der Waals surface area contributed by atoms with Crippen molar-refractivity contribution in [3.8, 4) is 0 Å². The Morgan fingerprint density at radius 2 is 1.93 bits per heavy atom. The van der Waals surface area contributed by atoms with Crippen LogP contribution in [0.5, 0.6) is 0 Å². The Labute approximate surface area is 84.2 Å². The molecule has 2 heteroatoms. The zero-order chi connectivity index (χ0) is 9.97. The van der Waals surface area contributed by atoms with Crippen molar-refractivity contribution in [2.75, 3.05) is 0 Å². The molecule has 72 valence electrons. The van der Waals surface area contributed by atoms with Gasteiger partial charge in [-0.1, -0.05) is 30.3 Å². The largest absolute Gasteiger partial charge is 0.335 e. The van der Waals surface area contributed by atoms with E-state index in [9.17, 15) is 0 Å². The van der Waals surface area contributed by atoms with Crippen LogP contribution in [-0.4, -0.2) is 9.55 Å². The summed E-state index contributed by atoms with van der Waals surface area (Å²) in [5, 5.41) is 0. The molecule has 0 radical (unpaired) electrons. The lowest BCUT2D eigenvalue weighted by Crippen LogP contribution is -2.00. The Morgan fingerprint density at radius 3 is 2.50 bits per heavy atom. The maximum atomic E-state index is 4.37. The van der Waals surface area contributed by atoms with Crippen molar-refractivity contribution in [3.63, 3.8) is 0 Å². The van der Waals surface area contributed by atoms with Crippen LogP contribution in [0.3, 0.4) is 0 Å². The highest BCUT2D eigenvalue weighted by molar-refractivity contribution is 5.20. The van der Waals surface area contributed by atoms with Crippen LogP contribution >= 0.6 is 0 Å². The van der Waals surface area contributed by atoms with Crippen LogP contribution in [0.1, 0.15) is 17.1 Å². The molecule has 2 aromatic rings. The third kappa shape index (κ3) is 1.69. The number of hydrogen-bond acceptors (Lipinski definition) is 1. The predicted octanol–water partition coefficient (Wildman–Crippen LogP) is 2.32. The first-order valence-corrected chi connectivity index (χ1v) is 4.78. The molecule has 0 aliphatic carbocycles. The predicted molar refractivity (Wildman–Crippen MR) is 57.2 cm³/mol. The van der Waals surface area contributed by atoms with E-state index in [-0.39, 0.29) is 0 Å². The number of aryl methyl sites for hydroxylation is 1. The second kappa shape index (κ2) is 3.66. The van der Waals surface area contributed by atoms with Crippen LogP contribution in [0.4, 0.5) is 0 Å². The van der Waals surface area contributed by atoms with E-state index in [1.165, 1.54) is 11.3 Å². The molecule has 0 atom stereocenters. The van der Waals surface area contributed by atoms with Crippen LogP contribution in [0, 0.1) is 6.92 Å². The number of nitrogens with zero attached hydrogens (tertiary/aromatic N) is 2. The van der Waals surface area contributed by atoms with Crippen LogP contribution in [0.15, 0.2) is 36.5 Å². The fourth-order valence-electron chi connectivity index (χ4n) is 1.49. The van der Waals surface area contributed by atoms with Crippen LogP contribution in [0.25, 0.3) is 0 Å². The van der Waals surface area contributed by atoms with Crippen LogP contribution in [0.2, 0.25) is 0 Å². The summed E-state index contributed by atoms with van der Waals surface area (Å²) in [6.07, 6.45) is 2.82. The van der Waals surface area contributed by atoms with Gasteiger partial charge in [0.05, 0.1) is 0 Å². The summed E-state index contributed by atoms with van der Waals surface area (Å²) >= 11 is 0. The minimum Gasteiger partial charge on any atom is -0.335 e. The lowest BCUT2D eigenvalue weighted by atomic mass is 10.1. The van der Waals surface area contributed by atoms with E-state index in [2.05, 4.69) is 47.8 Å². The van der Waals surface area contributed by atoms with Crippen LogP contribution < -0.4 is 0 Å². The summed E-state index contributed by atoms with van der Waals surface area (Å²) < 4.78 is 2.13. The SMILES string of the molecule is Cc1cnc(Cc2ccccc2)n1C. The van der Waals surface area contributed by atoms with E-state index in [4.69, 9.17) is 0 Å². The summed E-state index contributed by atoms with van der Waals surface area (Å²) in [5.74, 6) is 1.12. The molecule has 0 amide bonds. The third-order valence-corrected chi connectivity index (χ3v) is 2.52. The van der Waals surface area contributed by atoms with Gasteiger partial charge in [0.1, 0.15) is 5.82 Å². The summed E-state index contributed by atoms with van der Waals surface area (Å²) in [7, 11) is 2.06. The Bertz CT molecular complexity index is 415. The second-order valence-corrected chi connectivity index (χ2v) is 3.54. The highest BCUT2D eigenvalue weighted by Crippen LogP contribution is 2.08. The third-order valence-electron chi connectivity index (χ3n) is 2.52. The van der Waals surface area contributed by atoms with Gasteiger partial charge >= 0.3 is 0 Å². The van der Waals surface area contributed by atoms with Gasteiger partial charge in [-0.05, 0) is 12.5 Å². The summed E-state index contributed by atoms with van der Waals surface area (Å²) in [6, 6.07) is 10.4. The zero-order valence-electron chi connectivity index (χ0n) is 8.57. The number of rotatable bonds is 2. The van der Waals surface area contributed by atoms with Gasteiger partial charge in [-0.3, -0.25) is 0 Å². The summed E-state index contributed by atoms with van der Waals surface area (Å²) in [6.45, 7) is 2.07. The van der Waals surface area contributed by atoms with E-state index in [0.717, 1.165) is 12.2 Å². The minimum atomic E-state index is 0.908. The van der Waals surface area contributed by atoms with Gasteiger partial charge in [-0.2, -0.15) is 0 Å². The molecule has 0 unspecified atom stereocenters. The van der Waals surface area contributed by atoms with Gasteiger partial charge in [-0.15, -0.1) is 0 Å². The smallest absolute Gasteiger partial charge is 0.113 e. The molecule has 2 rings (SSSR count). The minimum absolute atomic E-state index is 0.908. The van der Waals surface area contributed by atoms with Gasteiger partial charge in [0.25, 0.3) is 0 Å². The van der Waals surface area contributed by atoms with Gasteiger partial charge in [0, 0.05) is 25.4 Å². The Kier molecular flexibility index (Phi) is 2.35. The first-order valence-electron chi connectivity index (χ1n) is 4.78. The van der Waals surface area contributed by atoms with E-state index in [1.807, 2.05) is 12.3 Å². The molecule has 0 aliphatic rings. The van der Waals surface area contributed by atoms with Crippen molar-refractivity contribution in [2.24, 2.45) is 7.05 Å². The Morgan fingerprint density at radius 1 is 1.21 bits per heavy atom. The van der Waals surface area contributed by atoms with Crippen molar-refractivity contribution in [1.82, 2.24) is 9.55 Å². The molecule has 1 aromatic carbocycles. The first-order chi connectivity index (χ1) is 6.77. The van der Waals surface area contributed by atoms with E-state index < -0.39 is 0 Å². The van der Waals surface area contributed by atoms with Crippen molar-refractivity contribution >= 4 is 0 Å². The van der Waals surface area contributed by atoms with Gasteiger partial charge in [-0.25, -0.2) is 4.98 Å². The van der Waals surface area contributed by atoms with E-state index in [0.29, 0.717) is 0 Å². The lowest BCUT2D eigenvalue weighted by molar-refractivity contribution is 0.797. The molecular formula is C12H14N2. The molecule has 0 saturated heterocycles. The molecule has 0 bridgehead atoms. The maximum absolute atomic E-state index is 4.37. The number of hydrogen-bond donors (Lipinski definition) is 0. The molecule has 0 saturated carbocycles. The van der Waals surface area contributed by atoms with Crippen LogP contribution in [-0.2, 0) is 13.5 Å². The molecule has 0 fully saturated rings. The van der Waals surface area contributed by atoms with Crippen molar-refractivity contribution < 1.29 is 0 Å². The van der Waals surface area contributed by atoms with Crippen molar-refractivity contribution in [3.05, 3.63) is 53.6 Å². The first kappa shape index (κ1) is 9.00. The normalized spacial score (nSPS) is 10.4. The van der Waals surface area contributed by atoms with Gasteiger partial charge in [0.15, 0.2) is 0 Å². The number of imidazole rings is 1. The molecule has 0 N–H and O–H groups in total. The fraction of sp³-hybridized carbons (Fsp3) is 0.250. The molecule has 14 heavy (non-hydrogen) atoms.